The molecule has 1 aromatic rings. The van der Waals surface area contributed by atoms with Gasteiger partial charge in [0.15, 0.2) is 0 Å². The minimum atomic E-state index is 0.311. The zero-order valence-corrected chi connectivity index (χ0v) is 9.02. The highest BCUT2D eigenvalue weighted by Crippen LogP contribution is 2.36. The summed E-state index contributed by atoms with van der Waals surface area (Å²) in [5.74, 6) is 2.37. The van der Waals surface area contributed by atoms with Gasteiger partial charge in [-0.05, 0) is 25.2 Å². The summed E-state index contributed by atoms with van der Waals surface area (Å²) >= 11 is 0. The third-order valence-electron chi connectivity index (χ3n) is 3.91. The Morgan fingerprint density at radius 1 is 1.40 bits per heavy atom. The highest BCUT2D eigenvalue weighted by Gasteiger charge is 2.26. The molecule has 1 saturated carbocycles. The number of fused-ring (bicyclic) bond motifs is 1. The van der Waals surface area contributed by atoms with Crippen molar-refractivity contribution in [1.82, 2.24) is 9.55 Å². The van der Waals surface area contributed by atoms with Gasteiger partial charge >= 0.3 is 0 Å². The number of aromatic nitrogens is 2. The maximum Gasteiger partial charge on any atom is 0.109 e. The van der Waals surface area contributed by atoms with Gasteiger partial charge in [0, 0.05) is 31.7 Å². The van der Waals surface area contributed by atoms with E-state index in [-0.39, 0.29) is 0 Å². The lowest BCUT2D eigenvalue weighted by Gasteiger charge is -2.22. The molecular formula is C12H18N2O. The fourth-order valence-electron chi connectivity index (χ4n) is 2.57. The van der Waals surface area contributed by atoms with Crippen LogP contribution >= 0.6 is 0 Å². The number of aryl methyl sites for hydroxylation is 1. The van der Waals surface area contributed by atoms with Crippen molar-refractivity contribution in [2.24, 2.45) is 5.92 Å². The Labute approximate surface area is 90.1 Å². The fraction of sp³-hybridized carbons (Fsp3) is 0.750. The van der Waals surface area contributed by atoms with Crippen molar-refractivity contribution < 1.29 is 5.11 Å². The van der Waals surface area contributed by atoms with Crippen LogP contribution < -0.4 is 0 Å². The molecule has 1 aromatic heterocycles. The first-order valence-corrected chi connectivity index (χ1v) is 6.03. The molecule has 82 valence electrons. The van der Waals surface area contributed by atoms with Gasteiger partial charge < -0.3 is 9.67 Å². The Hall–Kier alpha value is -0.830. The van der Waals surface area contributed by atoms with Crippen LogP contribution in [0.3, 0.4) is 0 Å². The third kappa shape index (κ3) is 1.59. The largest absolute Gasteiger partial charge is 0.396 e. The van der Waals surface area contributed by atoms with Crippen molar-refractivity contribution in [2.75, 3.05) is 6.61 Å². The molecule has 0 aromatic carbocycles. The van der Waals surface area contributed by atoms with Crippen molar-refractivity contribution in [2.45, 2.75) is 44.6 Å². The molecular weight excluding hydrogens is 188 g/mol. The van der Waals surface area contributed by atoms with E-state index in [4.69, 9.17) is 10.1 Å². The number of imidazole rings is 1. The minimum Gasteiger partial charge on any atom is -0.396 e. The Bertz CT molecular complexity index is 355. The smallest absolute Gasteiger partial charge is 0.109 e. The second-order valence-corrected chi connectivity index (χ2v) is 4.94. The van der Waals surface area contributed by atoms with Crippen LogP contribution in [0.2, 0.25) is 0 Å². The van der Waals surface area contributed by atoms with Crippen molar-refractivity contribution >= 4 is 0 Å². The van der Waals surface area contributed by atoms with Crippen LogP contribution in [0.25, 0.3) is 0 Å². The van der Waals surface area contributed by atoms with Gasteiger partial charge in [-0.25, -0.2) is 4.98 Å². The molecule has 0 saturated heterocycles. The van der Waals surface area contributed by atoms with Crippen LogP contribution in [-0.2, 0) is 13.0 Å². The van der Waals surface area contributed by atoms with Crippen molar-refractivity contribution in [1.29, 1.82) is 0 Å². The lowest BCUT2D eigenvalue weighted by atomic mass is 9.83. The number of aliphatic hydroxyl groups excluding tert-OH is 1. The van der Waals surface area contributed by atoms with E-state index in [1.54, 1.807) is 0 Å². The third-order valence-corrected chi connectivity index (χ3v) is 3.91. The molecule has 3 rings (SSSR count). The van der Waals surface area contributed by atoms with E-state index in [1.807, 2.05) is 0 Å². The molecule has 3 nitrogen and oxygen atoms in total. The standard InChI is InChI=1S/C12H18N2O/c15-8-9-4-5-14-7-11(10-2-1-3-10)13-12(14)6-9/h7,9-10,15H,1-6,8H2. The summed E-state index contributed by atoms with van der Waals surface area (Å²) in [7, 11) is 0. The molecule has 1 aliphatic carbocycles. The SMILES string of the molecule is OCC1CCn2cc(C3CCC3)nc2C1. The summed E-state index contributed by atoms with van der Waals surface area (Å²) in [6.07, 6.45) is 8.31. The molecule has 1 unspecified atom stereocenters. The number of aliphatic hydroxyl groups is 1. The van der Waals surface area contributed by atoms with Gasteiger partial charge in [-0.2, -0.15) is 0 Å². The van der Waals surface area contributed by atoms with Gasteiger partial charge in [-0.1, -0.05) is 6.42 Å². The Morgan fingerprint density at radius 2 is 2.27 bits per heavy atom. The van der Waals surface area contributed by atoms with E-state index in [0.29, 0.717) is 12.5 Å². The average Bonchev–Trinajstić information content (AvgIpc) is 2.56. The minimum absolute atomic E-state index is 0.311. The fourth-order valence-corrected chi connectivity index (χ4v) is 2.57. The van der Waals surface area contributed by atoms with Crippen LogP contribution in [0.4, 0.5) is 0 Å². The predicted molar refractivity (Wildman–Crippen MR) is 57.7 cm³/mol. The van der Waals surface area contributed by atoms with E-state index < -0.39 is 0 Å². The first-order valence-electron chi connectivity index (χ1n) is 6.03. The molecule has 1 N–H and O–H groups in total. The van der Waals surface area contributed by atoms with E-state index in [1.165, 1.54) is 30.8 Å². The van der Waals surface area contributed by atoms with Crippen LogP contribution in [0.1, 0.15) is 43.1 Å². The molecule has 2 heterocycles. The number of rotatable bonds is 2. The van der Waals surface area contributed by atoms with Gasteiger partial charge in [0.05, 0.1) is 5.69 Å². The second kappa shape index (κ2) is 3.63. The maximum absolute atomic E-state index is 9.15. The molecule has 1 atom stereocenters. The molecule has 1 aliphatic heterocycles. The number of hydrogen-bond acceptors (Lipinski definition) is 2. The molecule has 0 radical (unpaired) electrons. The average molecular weight is 206 g/mol. The zero-order valence-electron chi connectivity index (χ0n) is 9.02. The lowest BCUT2D eigenvalue weighted by Crippen LogP contribution is -2.21. The summed E-state index contributed by atoms with van der Waals surface area (Å²) in [6.45, 7) is 1.35. The number of hydrogen-bond donors (Lipinski definition) is 1. The second-order valence-electron chi connectivity index (χ2n) is 4.94. The summed E-state index contributed by atoms with van der Waals surface area (Å²) in [6, 6.07) is 0. The van der Waals surface area contributed by atoms with Gasteiger partial charge in [0.2, 0.25) is 0 Å². The normalized spacial score (nSPS) is 26.1. The van der Waals surface area contributed by atoms with E-state index >= 15 is 0 Å². The van der Waals surface area contributed by atoms with Gasteiger partial charge in [-0.15, -0.1) is 0 Å². The van der Waals surface area contributed by atoms with Crippen LogP contribution in [0, 0.1) is 5.92 Å². The first-order chi connectivity index (χ1) is 7.36. The molecule has 15 heavy (non-hydrogen) atoms. The van der Waals surface area contributed by atoms with Crippen molar-refractivity contribution in [3.05, 3.63) is 17.7 Å². The van der Waals surface area contributed by atoms with Crippen LogP contribution in [0.15, 0.2) is 6.20 Å². The Morgan fingerprint density at radius 3 is 2.93 bits per heavy atom. The van der Waals surface area contributed by atoms with Gasteiger partial charge in [-0.3, -0.25) is 0 Å². The molecule has 2 aliphatic rings. The van der Waals surface area contributed by atoms with Gasteiger partial charge in [0.1, 0.15) is 5.82 Å². The molecule has 0 bridgehead atoms. The Kier molecular flexibility index (Phi) is 2.28. The van der Waals surface area contributed by atoms with Gasteiger partial charge in [0.25, 0.3) is 0 Å². The molecule has 3 heteroatoms. The van der Waals surface area contributed by atoms with Crippen molar-refractivity contribution in [3.63, 3.8) is 0 Å². The van der Waals surface area contributed by atoms with Crippen LogP contribution in [-0.4, -0.2) is 21.3 Å². The maximum atomic E-state index is 9.15. The topological polar surface area (TPSA) is 38.0 Å². The number of nitrogens with zero attached hydrogens (tertiary/aromatic N) is 2. The van der Waals surface area contributed by atoms with E-state index in [2.05, 4.69) is 10.8 Å². The highest BCUT2D eigenvalue weighted by molar-refractivity contribution is 5.13. The Balaban J connectivity index is 1.81. The molecule has 1 fully saturated rings. The molecule has 0 spiro atoms. The molecule has 0 amide bonds. The lowest BCUT2D eigenvalue weighted by molar-refractivity contribution is 0.199. The summed E-state index contributed by atoms with van der Waals surface area (Å²) in [4.78, 5) is 4.72. The zero-order chi connectivity index (χ0) is 10.3. The summed E-state index contributed by atoms with van der Waals surface area (Å²) in [5, 5.41) is 9.15. The summed E-state index contributed by atoms with van der Waals surface area (Å²) < 4.78 is 2.29. The van der Waals surface area contributed by atoms with E-state index in [9.17, 15) is 0 Å². The highest BCUT2D eigenvalue weighted by atomic mass is 16.3. The monoisotopic (exact) mass is 206 g/mol. The van der Waals surface area contributed by atoms with Crippen LogP contribution in [0.5, 0.6) is 0 Å². The first kappa shape index (κ1) is 9.40. The van der Waals surface area contributed by atoms with Crippen molar-refractivity contribution in [3.8, 4) is 0 Å². The summed E-state index contributed by atoms with van der Waals surface area (Å²) in [5.41, 5.74) is 1.30. The quantitative estimate of drug-likeness (QED) is 0.800. The van der Waals surface area contributed by atoms with E-state index in [0.717, 1.165) is 25.3 Å². The predicted octanol–water partition coefficient (Wildman–Crippen LogP) is 1.71.